The van der Waals surface area contributed by atoms with Crippen LogP contribution in [0.25, 0.3) is 0 Å². The lowest BCUT2D eigenvalue weighted by Crippen LogP contribution is -2.52. The van der Waals surface area contributed by atoms with Crippen LogP contribution in [-0.4, -0.2) is 58.0 Å². The molecule has 0 bridgehead atoms. The van der Waals surface area contributed by atoms with Crippen LogP contribution in [0.2, 0.25) is 0 Å². The highest BCUT2D eigenvalue weighted by molar-refractivity contribution is 7.92. The van der Waals surface area contributed by atoms with Crippen LogP contribution in [0.15, 0.2) is 71.6 Å². The molecule has 1 N–H and O–H groups in total. The van der Waals surface area contributed by atoms with Gasteiger partial charge >= 0.3 is 0 Å². The van der Waals surface area contributed by atoms with Gasteiger partial charge in [0.05, 0.1) is 24.8 Å². The van der Waals surface area contributed by atoms with Crippen LogP contribution in [0, 0.1) is 13.8 Å². The largest absolute Gasteiger partial charge is 0.493 e. The summed E-state index contributed by atoms with van der Waals surface area (Å²) in [6.45, 7) is 5.12. The third-order valence-electron chi connectivity index (χ3n) is 8.01. The van der Waals surface area contributed by atoms with E-state index < -0.39 is 28.5 Å². The average Bonchev–Trinajstić information content (AvgIpc) is 3.51. The van der Waals surface area contributed by atoms with E-state index in [0.717, 1.165) is 46.7 Å². The molecule has 43 heavy (non-hydrogen) atoms. The summed E-state index contributed by atoms with van der Waals surface area (Å²) in [5, 5.41) is 3.09. The number of rotatable bonds is 12. The number of benzene rings is 3. The number of aryl methyl sites for hydroxylation is 2. The standard InChI is InChI=1S/C33H41N3O6S/c1-23-14-17-29(18-15-23)43(39,40)36(28-16-19-30(41-4)31(20-28)42-5)22-32(37)35(21-26-11-7-6-10-24(26)2)25(3)33(38)34-27-12-8-9-13-27/h6-7,10-11,14-20,25,27H,8-9,12-13,21-22H2,1-5H3,(H,34,38). The molecule has 2 amide bonds. The number of hydrogen-bond donors (Lipinski definition) is 1. The summed E-state index contributed by atoms with van der Waals surface area (Å²) in [5.74, 6) is -0.0306. The first-order valence-corrected chi connectivity index (χ1v) is 15.9. The second-order valence-electron chi connectivity index (χ2n) is 11.0. The van der Waals surface area contributed by atoms with E-state index in [9.17, 15) is 18.0 Å². The summed E-state index contributed by atoms with van der Waals surface area (Å²) in [7, 11) is -1.25. The van der Waals surface area contributed by atoms with Crippen LogP contribution in [-0.2, 0) is 26.2 Å². The first kappa shape index (κ1) is 31.9. The van der Waals surface area contributed by atoms with Crippen LogP contribution in [0.3, 0.4) is 0 Å². The van der Waals surface area contributed by atoms with Gasteiger partial charge in [-0.1, -0.05) is 54.8 Å². The molecule has 1 unspecified atom stereocenters. The Balaban J connectivity index is 1.74. The predicted molar refractivity (Wildman–Crippen MR) is 167 cm³/mol. The number of anilines is 1. The Morgan fingerprint density at radius 2 is 1.58 bits per heavy atom. The molecular formula is C33H41N3O6S. The van der Waals surface area contributed by atoms with Crippen LogP contribution in [0.1, 0.15) is 49.3 Å². The zero-order chi connectivity index (χ0) is 31.1. The molecule has 0 saturated heterocycles. The fourth-order valence-electron chi connectivity index (χ4n) is 5.29. The molecule has 0 aliphatic heterocycles. The van der Waals surface area contributed by atoms with E-state index in [-0.39, 0.29) is 29.1 Å². The summed E-state index contributed by atoms with van der Waals surface area (Å²) in [4.78, 5) is 29.1. The molecule has 3 aromatic carbocycles. The van der Waals surface area contributed by atoms with Crippen molar-refractivity contribution in [2.45, 2.75) is 70.0 Å². The normalized spacial score (nSPS) is 14.2. The molecule has 1 fully saturated rings. The van der Waals surface area contributed by atoms with Gasteiger partial charge in [0.15, 0.2) is 11.5 Å². The molecule has 3 aromatic rings. The molecule has 0 aromatic heterocycles. The summed E-state index contributed by atoms with van der Waals surface area (Å²) in [6, 6.07) is 18.0. The monoisotopic (exact) mass is 607 g/mol. The van der Waals surface area contributed by atoms with Crippen molar-refractivity contribution in [1.29, 1.82) is 0 Å². The van der Waals surface area contributed by atoms with Gasteiger partial charge in [0, 0.05) is 18.7 Å². The van der Waals surface area contributed by atoms with E-state index in [1.54, 1.807) is 31.2 Å². The van der Waals surface area contributed by atoms with Crippen molar-refractivity contribution < 1.29 is 27.5 Å². The number of ether oxygens (including phenoxy) is 2. The number of methoxy groups -OCH3 is 2. The van der Waals surface area contributed by atoms with Crippen molar-refractivity contribution in [3.63, 3.8) is 0 Å². The molecule has 9 nitrogen and oxygen atoms in total. The Morgan fingerprint density at radius 1 is 0.930 bits per heavy atom. The van der Waals surface area contributed by atoms with Crippen molar-refractivity contribution >= 4 is 27.5 Å². The van der Waals surface area contributed by atoms with E-state index in [4.69, 9.17) is 9.47 Å². The van der Waals surface area contributed by atoms with Gasteiger partial charge < -0.3 is 19.7 Å². The molecule has 0 spiro atoms. The molecular weight excluding hydrogens is 566 g/mol. The van der Waals surface area contributed by atoms with Gasteiger partial charge in [0.1, 0.15) is 12.6 Å². The number of carbonyl (C=O) groups is 2. The molecule has 0 radical (unpaired) electrons. The smallest absolute Gasteiger partial charge is 0.264 e. The third kappa shape index (κ3) is 7.48. The number of sulfonamides is 1. The van der Waals surface area contributed by atoms with E-state index in [1.165, 1.54) is 37.3 Å². The van der Waals surface area contributed by atoms with Gasteiger partial charge in [-0.25, -0.2) is 8.42 Å². The number of nitrogens with one attached hydrogen (secondary N) is 1. The van der Waals surface area contributed by atoms with Gasteiger partial charge in [0.2, 0.25) is 11.8 Å². The van der Waals surface area contributed by atoms with Crippen LogP contribution in [0.4, 0.5) is 5.69 Å². The zero-order valence-electron chi connectivity index (χ0n) is 25.5. The van der Waals surface area contributed by atoms with Crippen molar-refractivity contribution in [3.05, 3.63) is 83.4 Å². The summed E-state index contributed by atoms with van der Waals surface area (Å²) < 4.78 is 40.1. The topological polar surface area (TPSA) is 105 Å². The highest BCUT2D eigenvalue weighted by Gasteiger charge is 2.34. The molecule has 4 rings (SSSR count). The maximum Gasteiger partial charge on any atom is 0.264 e. The Kier molecular flexibility index (Phi) is 10.3. The quantitative estimate of drug-likeness (QED) is 0.311. The maximum absolute atomic E-state index is 14.2. The third-order valence-corrected chi connectivity index (χ3v) is 9.80. The van der Waals surface area contributed by atoms with Gasteiger partial charge in [0.25, 0.3) is 10.0 Å². The number of carbonyl (C=O) groups excluding carboxylic acids is 2. The van der Waals surface area contributed by atoms with Crippen LogP contribution in [0.5, 0.6) is 11.5 Å². The Labute approximate surface area is 254 Å². The minimum absolute atomic E-state index is 0.0400. The van der Waals surface area contributed by atoms with Crippen molar-refractivity contribution in [1.82, 2.24) is 10.2 Å². The van der Waals surface area contributed by atoms with E-state index >= 15 is 0 Å². The number of nitrogens with zero attached hydrogens (tertiary/aromatic N) is 2. The second-order valence-corrected chi connectivity index (χ2v) is 12.8. The van der Waals surface area contributed by atoms with E-state index in [0.29, 0.717) is 11.5 Å². The molecule has 1 aliphatic rings. The Bertz CT molecular complexity index is 1530. The SMILES string of the molecule is COc1ccc(N(CC(=O)N(Cc2ccccc2C)C(C)C(=O)NC2CCCC2)S(=O)(=O)c2ccc(C)cc2)cc1OC. The predicted octanol–water partition coefficient (Wildman–Crippen LogP) is 4.99. The molecule has 230 valence electrons. The summed E-state index contributed by atoms with van der Waals surface area (Å²) in [5.41, 5.74) is 2.97. The highest BCUT2D eigenvalue weighted by Crippen LogP contribution is 2.34. The minimum atomic E-state index is -4.20. The molecule has 1 atom stereocenters. The number of amides is 2. The zero-order valence-corrected chi connectivity index (χ0v) is 26.3. The van der Waals surface area contributed by atoms with Crippen LogP contribution >= 0.6 is 0 Å². The lowest BCUT2D eigenvalue weighted by Gasteiger charge is -2.33. The average molecular weight is 608 g/mol. The molecule has 1 saturated carbocycles. The van der Waals surface area contributed by atoms with Gasteiger partial charge in [-0.15, -0.1) is 0 Å². The lowest BCUT2D eigenvalue weighted by atomic mass is 10.1. The van der Waals surface area contributed by atoms with E-state index in [2.05, 4.69) is 5.32 Å². The summed E-state index contributed by atoms with van der Waals surface area (Å²) in [6.07, 6.45) is 3.93. The fourth-order valence-corrected chi connectivity index (χ4v) is 6.70. The van der Waals surface area contributed by atoms with Gasteiger partial charge in [-0.3, -0.25) is 13.9 Å². The lowest BCUT2D eigenvalue weighted by molar-refractivity contribution is -0.139. The first-order chi connectivity index (χ1) is 20.5. The van der Waals surface area contributed by atoms with Crippen LogP contribution < -0.4 is 19.1 Å². The Hall–Kier alpha value is -4.05. The fraction of sp³-hybridized carbons (Fsp3) is 0.394. The number of hydrogen-bond acceptors (Lipinski definition) is 6. The second kappa shape index (κ2) is 13.9. The molecule has 1 aliphatic carbocycles. The summed E-state index contributed by atoms with van der Waals surface area (Å²) >= 11 is 0. The Morgan fingerprint density at radius 3 is 2.21 bits per heavy atom. The van der Waals surface area contributed by atoms with Gasteiger partial charge in [-0.2, -0.15) is 0 Å². The van der Waals surface area contributed by atoms with E-state index in [1.807, 2.05) is 38.1 Å². The van der Waals surface area contributed by atoms with Gasteiger partial charge in [-0.05, 0) is 69.0 Å². The minimum Gasteiger partial charge on any atom is -0.493 e. The van der Waals surface area contributed by atoms with Crippen molar-refractivity contribution in [2.75, 3.05) is 25.1 Å². The van der Waals surface area contributed by atoms with Crippen molar-refractivity contribution in [2.24, 2.45) is 0 Å². The molecule has 10 heteroatoms. The molecule has 0 heterocycles. The first-order valence-electron chi connectivity index (χ1n) is 14.5. The highest BCUT2D eigenvalue weighted by atomic mass is 32.2. The van der Waals surface area contributed by atoms with Crippen molar-refractivity contribution in [3.8, 4) is 11.5 Å². The maximum atomic E-state index is 14.2.